The van der Waals surface area contributed by atoms with Gasteiger partial charge in [0.15, 0.2) is 0 Å². The van der Waals surface area contributed by atoms with Crippen molar-refractivity contribution >= 4 is 33.2 Å². The maximum Gasteiger partial charge on any atom is 0.264 e. The summed E-state index contributed by atoms with van der Waals surface area (Å²) in [7, 11) is -4.07. The highest BCUT2D eigenvalue weighted by Gasteiger charge is 2.28. The lowest BCUT2D eigenvalue weighted by Crippen LogP contribution is -2.39. The van der Waals surface area contributed by atoms with Gasteiger partial charge in [-0.05, 0) is 68.8 Å². The van der Waals surface area contributed by atoms with E-state index in [9.17, 15) is 18.0 Å². The summed E-state index contributed by atoms with van der Waals surface area (Å²) in [4.78, 5) is 26.2. The van der Waals surface area contributed by atoms with Gasteiger partial charge in [0.25, 0.3) is 15.9 Å². The van der Waals surface area contributed by atoms with E-state index >= 15 is 0 Å². The van der Waals surface area contributed by atoms with Crippen LogP contribution in [0.15, 0.2) is 94.4 Å². The number of hydrogen-bond acceptors (Lipinski definition) is 5. The lowest BCUT2D eigenvalue weighted by Gasteiger charge is -2.26. The Hall–Kier alpha value is -4.37. The van der Waals surface area contributed by atoms with Gasteiger partial charge in [-0.25, -0.2) is 8.42 Å². The Bertz CT molecular complexity index is 1550. The summed E-state index contributed by atoms with van der Waals surface area (Å²) in [6.07, 6.45) is 1.52. The molecule has 0 aliphatic rings. The molecule has 0 saturated heterocycles. The summed E-state index contributed by atoms with van der Waals surface area (Å²) in [5.74, 6) is -0.409. The third kappa shape index (κ3) is 6.12. The molecule has 0 radical (unpaired) electrons. The number of benzene rings is 3. The van der Waals surface area contributed by atoms with Crippen LogP contribution in [-0.2, 0) is 21.4 Å². The number of nitrogens with one attached hydrogen (secondary N) is 2. The number of furan rings is 1. The number of carbonyl (C=O) groups is 2. The Morgan fingerprint density at radius 2 is 1.58 bits per heavy atom. The smallest absolute Gasteiger partial charge is 0.264 e. The number of anilines is 2. The SMILES string of the molecule is Cc1ccc(S(=O)(=O)N(CC(=O)Nc2ccccc2C(=O)NCc2ccco2)c2ccc(C)cc2C)cc1. The lowest BCUT2D eigenvalue weighted by molar-refractivity contribution is -0.114. The van der Waals surface area contributed by atoms with Crippen molar-refractivity contribution in [2.75, 3.05) is 16.2 Å². The molecule has 8 nitrogen and oxygen atoms in total. The summed E-state index contributed by atoms with van der Waals surface area (Å²) in [6.45, 7) is 5.28. The van der Waals surface area contributed by atoms with E-state index in [-0.39, 0.29) is 22.7 Å². The molecule has 3 aromatic carbocycles. The zero-order valence-corrected chi connectivity index (χ0v) is 22.2. The summed E-state index contributed by atoms with van der Waals surface area (Å²) in [6, 6.07) is 21.8. The van der Waals surface area contributed by atoms with Crippen LogP contribution in [0.4, 0.5) is 11.4 Å². The first kappa shape index (κ1) is 26.7. The monoisotopic (exact) mass is 531 g/mol. The van der Waals surface area contributed by atoms with Crippen molar-refractivity contribution < 1.29 is 22.4 Å². The number of hydrogen-bond donors (Lipinski definition) is 2. The van der Waals surface area contributed by atoms with Crippen LogP contribution in [-0.4, -0.2) is 26.8 Å². The van der Waals surface area contributed by atoms with Crippen molar-refractivity contribution in [3.05, 3.63) is 113 Å². The number of rotatable bonds is 9. The fraction of sp³-hybridized carbons (Fsp3) is 0.172. The summed E-state index contributed by atoms with van der Waals surface area (Å²) in [5, 5.41) is 5.47. The molecule has 4 rings (SSSR count). The van der Waals surface area contributed by atoms with E-state index in [2.05, 4.69) is 10.6 Å². The molecule has 0 fully saturated rings. The Morgan fingerprint density at radius 3 is 2.26 bits per heavy atom. The van der Waals surface area contributed by atoms with Crippen LogP contribution in [0, 0.1) is 20.8 Å². The quantitative estimate of drug-likeness (QED) is 0.317. The first-order valence-corrected chi connectivity index (χ1v) is 13.5. The third-order valence-corrected chi connectivity index (χ3v) is 7.74. The molecule has 0 atom stereocenters. The minimum atomic E-state index is -4.07. The number of nitrogens with zero attached hydrogens (tertiary/aromatic N) is 1. The minimum Gasteiger partial charge on any atom is -0.467 e. The van der Waals surface area contributed by atoms with Gasteiger partial charge in [-0.3, -0.25) is 13.9 Å². The second-order valence-electron chi connectivity index (χ2n) is 8.97. The molecule has 4 aromatic rings. The molecular weight excluding hydrogens is 502 g/mol. The molecule has 9 heteroatoms. The van der Waals surface area contributed by atoms with E-state index in [0.717, 1.165) is 15.4 Å². The number of carbonyl (C=O) groups excluding carboxylic acids is 2. The molecule has 38 heavy (non-hydrogen) atoms. The molecule has 0 saturated carbocycles. The minimum absolute atomic E-state index is 0.0774. The van der Waals surface area contributed by atoms with Crippen molar-refractivity contribution in [3.8, 4) is 0 Å². The first-order valence-electron chi connectivity index (χ1n) is 12.0. The fourth-order valence-electron chi connectivity index (χ4n) is 4.01. The molecule has 1 aromatic heterocycles. The number of aryl methyl sites for hydroxylation is 3. The molecule has 2 amide bonds. The van der Waals surface area contributed by atoms with Crippen LogP contribution < -0.4 is 14.9 Å². The zero-order chi connectivity index (χ0) is 27.3. The highest BCUT2D eigenvalue weighted by Crippen LogP contribution is 2.28. The van der Waals surface area contributed by atoms with Crippen LogP contribution in [0.2, 0.25) is 0 Å². The highest BCUT2D eigenvalue weighted by molar-refractivity contribution is 7.92. The summed E-state index contributed by atoms with van der Waals surface area (Å²) < 4.78 is 33.8. The van der Waals surface area contributed by atoms with E-state index in [1.807, 2.05) is 19.9 Å². The molecular formula is C29H29N3O5S. The van der Waals surface area contributed by atoms with Crippen molar-refractivity contribution in [3.63, 3.8) is 0 Å². The Labute approximate surface area is 222 Å². The van der Waals surface area contributed by atoms with Gasteiger partial charge in [0, 0.05) is 0 Å². The van der Waals surface area contributed by atoms with Crippen LogP contribution in [0.5, 0.6) is 0 Å². The number of amides is 2. The second kappa shape index (κ2) is 11.4. The number of sulfonamides is 1. The standard InChI is InChI=1S/C29H29N3O5S/c1-20-10-13-24(14-11-20)38(35,36)32(27-15-12-21(2)17-22(27)3)19-28(33)31-26-9-5-4-8-25(26)29(34)30-18-23-7-6-16-37-23/h4-17H,18-19H2,1-3H3,(H,30,34)(H,31,33). The van der Waals surface area contributed by atoms with Crippen LogP contribution >= 0.6 is 0 Å². The van der Waals surface area contributed by atoms with Crippen LogP contribution in [0.3, 0.4) is 0 Å². The molecule has 2 N–H and O–H groups in total. The zero-order valence-electron chi connectivity index (χ0n) is 21.4. The van der Waals surface area contributed by atoms with Gasteiger partial charge in [-0.2, -0.15) is 0 Å². The predicted molar refractivity (Wildman–Crippen MR) is 147 cm³/mol. The largest absolute Gasteiger partial charge is 0.467 e. The van der Waals surface area contributed by atoms with Gasteiger partial charge in [0.1, 0.15) is 12.3 Å². The van der Waals surface area contributed by atoms with Gasteiger partial charge in [-0.1, -0.05) is 47.5 Å². The molecule has 0 aliphatic carbocycles. The number of para-hydroxylation sites is 1. The molecule has 0 spiro atoms. The van der Waals surface area contributed by atoms with Crippen LogP contribution in [0.25, 0.3) is 0 Å². The van der Waals surface area contributed by atoms with Crippen molar-refractivity contribution in [2.45, 2.75) is 32.2 Å². The summed E-state index contributed by atoms with van der Waals surface area (Å²) >= 11 is 0. The molecule has 1 heterocycles. The Kier molecular flexibility index (Phi) is 7.97. The van der Waals surface area contributed by atoms with Crippen molar-refractivity contribution in [1.82, 2.24) is 5.32 Å². The van der Waals surface area contributed by atoms with E-state index in [1.54, 1.807) is 67.6 Å². The van der Waals surface area contributed by atoms with E-state index < -0.39 is 28.4 Å². The highest BCUT2D eigenvalue weighted by atomic mass is 32.2. The van der Waals surface area contributed by atoms with Crippen molar-refractivity contribution in [1.29, 1.82) is 0 Å². The van der Waals surface area contributed by atoms with Gasteiger partial charge < -0.3 is 15.1 Å². The average molecular weight is 532 g/mol. The predicted octanol–water partition coefficient (Wildman–Crippen LogP) is 4.97. The van der Waals surface area contributed by atoms with E-state index in [0.29, 0.717) is 17.0 Å². The van der Waals surface area contributed by atoms with Gasteiger partial charge in [0.05, 0.1) is 34.6 Å². The Morgan fingerprint density at radius 1 is 0.868 bits per heavy atom. The molecule has 0 bridgehead atoms. The summed E-state index contributed by atoms with van der Waals surface area (Å²) in [5.41, 5.74) is 3.51. The second-order valence-corrected chi connectivity index (χ2v) is 10.8. The third-order valence-electron chi connectivity index (χ3n) is 5.97. The topological polar surface area (TPSA) is 109 Å². The maximum atomic E-state index is 13.7. The molecule has 196 valence electrons. The van der Waals surface area contributed by atoms with Gasteiger partial charge in [-0.15, -0.1) is 0 Å². The molecule has 0 aliphatic heterocycles. The fourth-order valence-corrected chi connectivity index (χ4v) is 5.49. The lowest BCUT2D eigenvalue weighted by atomic mass is 10.1. The normalized spacial score (nSPS) is 11.1. The Balaban J connectivity index is 1.60. The van der Waals surface area contributed by atoms with Crippen molar-refractivity contribution in [2.24, 2.45) is 0 Å². The maximum absolute atomic E-state index is 13.7. The van der Waals surface area contributed by atoms with Crippen LogP contribution in [0.1, 0.15) is 32.8 Å². The van der Waals surface area contributed by atoms with E-state index in [1.165, 1.54) is 18.4 Å². The van der Waals surface area contributed by atoms with E-state index in [4.69, 9.17) is 4.42 Å². The average Bonchev–Trinajstić information content (AvgIpc) is 3.41. The first-order chi connectivity index (χ1) is 18.1. The molecule has 0 unspecified atom stereocenters. The van der Waals surface area contributed by atoms with Gasteiger partial charge >= 0.3 is 0 Å². The van der Waals surface area contributed by atoms with Gasteiger partial charge in [0.2, 0.25) is 5.91 Å².